The summed E-state index contributed by atoms with van der Waals surface area (Å²) in [7, 11) is 0. The summed E-state index contributed by atoms with van der Waals surface area (Å²) in [6.07, 6.45) is 1.97. The average molecular weight is 283 g/mol. The van der Waals surface area contributed by atoms with Crippen LogP contribution >= 0.6 is 0 Å². The third-order valence-electron chi connectivity index (χ3n) is 4.01. The Morgan fingerprint density at radius 2 is 1.52 bits per heavy atom. The predicted molar refractivity (Wildman–Crippen MR) is 88.5 cm³/mol. The second-order valence-electron chi connectivity index (χ2n) is 5.56. The van der Waals surface area contributed by atoms with Gasteiger partial charge in [-0.15, -0.1) is 0 Å². The fourth-order valence-corrected chi connectivity index (χ4v) is 2.70. The molecule has 0 aliphatic rings. The fourth-order valence-electron chi connectivity index (χ4n) is 2.70. The Morgan fingerprint density at radius 1 is 0.905 bits per heavy atom. The zero-order valence-electron chi connectivity index (χ0n) is 13.1. The first-order valence-electron chi connectivity index (χ1n) is 7.76. The summed E-state index contributed by atoms with van der Waals surface area (Å²) in [5.74, 6) is 0.371. The highest BCUT2D eigenvalue weighted by atomic mass is 16.3. The Morgan fingerprint density at radius 3 is 2.10 bits per heavy atom. The molecule has 2 rings (SSSR count). The Balaban J connectivity index is 2.19. The van der Waals surface area contributed by atoms with E-state index >= 15 is 0 Å². The van der Waals surface area contributed by atoms with Crippen LogP contribution in [0.2, 0.25) is 0 Å². The summed E-state index contributed by atoms with van der Waals surface area (Å²) >= 11 is 0. The molecule has 0 fully saturated rings. The number of aryl methyl sites for hydroxylation is 1. The Bertz CT molecular complexity index is 562. The monoisotopic (exact) mass is 283 g/mol. The summed E-state index contributed by atoms with van der Waals surface area (Å²) in [6, 6.07) is 16.7. The maximum Gasteiger partial charge on any atom is 0.120 e. The van der Waals surface area contributed by atoms with Crippen LogP contribution in [-0.4, -0.2) is 5.11 Å². The average Bonchev–Trinajstić information content (AvgIpc) is 2.51. The number of hydrogen-bond acceptors (Lipinski definition) is 2. The lowest BCUT2D eigenvalue weighted by molar-refractivity contribution is 0.402. The normalized spacial score (nSPS) is 13.9. The van der Waals surface area contributed by atoms with Crippen molar-refractivity contribution in [3.05, 3.63) is 65.2 Å². The van der Waals surface area contributed by atoms with E-state index < -0.39 is 0 Å². The van der Waals surface area contributed by atoms with E-state index in [4.69, 9.17) is 0 Å². The van der Waals surface area contributed by atoms with Crippen LogP contribution < -0.4 is 5.32 Å². The number of para-hydroxylation sites is 1. The van der Waals surface area contributed by atoms with E-state index in [9.17, 15) is 5.11 Å². The van der Waals surface area contributed by atoms with Gasteiger partial charge in [-0.25, -0.2) is 0 Å². The van der Waals surface area contributed by atoms with Gasteiger partial charge >= 0.3 is 0 Å². The molecule has 0 heterocycles. The molecule has 2 atom stereocenters. The maximum atomic E-state index is 10.1. The minimum Gasteiger partial charge on any atom is -0.508 e. The van der Waals surface area contributed by atoms with Crippen molar-refractivity contribution in [2.75, 3.05) is 0 Å². The van der Waals surface area contributed by atoms with Crippen LogP contribution in [0.15, 0.2) is 48.5 Å². The van der Waals surface area contributed by atoms with Crippen molar-refractivity contribution in [3.63, 3.8) is 0 Å². The van der Waals surface area contributed by atoms with Crippen molar-refractivity contribution in [1.82, 2.24) is 5.32 Å². The van der Waals surface area contributed by atoms with E-state index in [2.05, 4.69) is 50.4 Å². The highest BCUT2D eigenvalue weighted by Gasteiger charge is 2.18. The largest absolute Gasteiger partial charge is 0.508 e. The van der Waals surface area contributed by atoms with Crippen LogP contribution in [0.25, 0.3) is 0 Å². The molecule has 0 aliphatic carbocycles. The third kappa shape index (κ3) is 3.85. The van der Waals surface area contributed by atoms with Crippen LogP contribution in [-0.2, 0) is 0 Å². The van der Waals surface area contributed by atoms with Gasteiger partial charge in [0.15, 0.2) is 0 Å². The number of rotatable bonds is 6. The van der Waals surface area contributed by atoms with E-state index in [-0.39, 0.29) is 6.04 Å². The third-order valence-corrected chi connectivity index (χ3v) is 4.01. The minimum absolute atomic E-state index is 0.164. The zero-order chi connectivity index (χ0) is 15.2. The van der Waals surface area contributed by atoms with Crippen LogP contribution in [0.1, 0.15) is 55.5 Å². The Hall–Kier alpha value is -1.80. The number of phenolic OH excluding ortho intramolecular Hbond substituents is 1. The van der Waals surface area contributed by atoms with Crippen LogP contribution in [0, 0.1) is 6.92 Å². The van der Waals surface area contributed by atoms with Gasteiger partial charge in [0.05, 0.1) is 0 Å². The fraction of sp³-hybridized carbons (Fsp3) is 0.368. The quantitative estimate of drug-likeness (QED) is 0.791. The lowest BCUT2D eigenvalue weighted by Gasteiger charge is -2.25. The molecular weight excluding hydrogens is 258 g/mol. The highest BCUT2D eigenvalue weighted by molar-refractivity contribution is 5.35. The summed E-state index contributed by atoms with van der Waals surface area (Å²) in [5.41, 5.74) is 3.56. The van der Waals surface area contributed by atoms with Gasteiger partial charge in [-0.2, -0.15) is 0 Å². The summed E-state index contributed by atoms with van der Waals surface area (Å²) in [6.45, 7) is 6.44. The molecule has 0 bridgehead atoms. The van der Waals surface area contributed by atoms with E-state index in [1.54, 1.807) is 6.07 Å². The molecule has 0 aromatic heterocycles. The van der Waals surface area contributed by atoms with E-state index in [1.165, 1.54) is 11.1 Å². The minimum atomic E-state index is 0.164. The lowest BCUT2D eigenvalue weighted by atomic mass is 9.98. The standard InChI is InChI=1S/C19H25NO/c1-4-17(15-12-10-14(3)11-13-15)20-18(5-2)16-8-6-7-9-19(16)21/h6-13,17-18,20-21H,4-5H2,1-3H3. The Labute approximate surface area is 127 Å². The van der Waals surface area contributed by atoms with Gasteiger partial charge in [-0.3, -0.25) is 0 Å². The molecular formula is C19H25NO. The first-order chi connectivity index (χ1) is 10.2. The topological polar surface area (TPSA) is 32.3 Å². The lowest BCUT2D eigenvalue weighted by Crippen LogP contribution is -2.25. The molecule has 0 spiro atoms. The molecule has 0 saturated heterocycles. The van der Waals surface area contributed by atoms with E-state index in [0.717, 1.165) is 18.4 Å². The maximum absolute atomic E-state index is 10.1. The number of hydrogen-bond donors (Lipinski definition) is 2. The summed E-state index contributed by atoms with van der Waals surface area (Å²) < 4.78 is 0. The summed E-state index contributed by atoms with van der Waals surface area (Å²) in [4.78, 5) is 0. The van der Waals surface area contributed by atoms with Crippen LogP contribution in [0.4, 0.5) is 0 Å². The second kappa shape index (κ2) is 7.28. The molecule has 2 aromatic carbocycles. The van der Waals surface area contributed by atoms with Crippen LogP contribution in [0.5, 0.6) is 5.75 Å². The molecule has 21 heavy (non-hydrogen) atoms. The second-order valence-corrected chi connectivity index (χ2v) is 5.56. The smallest absolute Gasteiger partial charge is 0.120 e. The molecule has 2 heteroatoms. The molecule has 0 amide bonds. The van der Waals surface area contributed by atoms with E-state index in [1.807, 2.05) is 18.2 Å². The summed E-state index contributed by atoms with van der Waals surface area (Å²) in [5, 5.41) is 13.8. The van der Waals surface area contributed by atoms with Crippen molar-refractivity contribution in [2.45, 2.75) is 45.7 Å². The number of phenols is 1. The van der Waals surface area contributed by atoms with Crippen LogP contribution in [0.3, 0.4) is 0 Å². The highest BCUT2D eigenvalue weighted by Crippen LogP contribution is 2.29. The van der Waals surface area contributed by atoms with Crippen molar-refractivity contribution >= 4 is 0 Å². The van der Waals surface area contributed by atoms with Gasteiger partial charge in [-0.05, 0) is 31.4 Å². The van der Waals surface area contributed by atoms with Gasteiger partial charge in [0.2, 0.25) is 0 Å². The van der Waals surface area contributed by atoms with Gasteiger partial charge < -0.3 is 10.4 Å². The predicted octanol–water partition coefficient (Wildman–Crippen LogP) is 4.89. The molecule has 0 radical (unpaired) electrons. The first kappa shape index (κ1) is 15.6. The molecule has 2 aromatic rings. The first-order valence-corrected chi connectivity index (χ1v) is 7.76. The van der Waals surface area contributed by atoms with Gasteiger partial charge in [0, 0.05) is 17.6 Å². The van der Waals surface area contributed by atoms with Gasteiger partial charge in [0.25, 0.3) is 0 Å². The van der Waals surface area contributed by atoms with Gasteiger partial charge in [0.1, 0.15) is 5.75 Å². The van der Waals surface area contributed by atoms with Crippen molar-refractivity contribution < 1.29 is 5.11 Å². The number of benzene rings is 2. The molecule has 112 valence electrons. The molecule has 2 N–H and O–H groups in total. The Kier molecular flexibility index (Phi) is 5.40. The van der Waals surface area contributed by atoms with Crippen molar-refractivity contribution in [1.29, 1.82) is 0 Å². The van der Waals surface area contributed by atoms with E-state index in [0.29, 0.717) is 11.8 Å². The van der Waals surface area contributed by atoms with Gasteiger partial charge in [-0.1, -0.05) is 61.9 Å². The molecule has 2 nitrogen and oxygen atoms in total. The van der Waals surface area contributed by atoms with Crippen molar-refractivity contribution in [2.24, 2.45) is 0 Å². The molecule has 2 unspecified atom stereocenters. The molecule has 0 saturated carbocycles. The molecule has 0 aliphatic heterocycles. The number of nitrogens with one attached hydrogen (secondary N) is 1. The van der Waals surface area contributed by atoms with Crippen molar-refractivity contribution in [3.8, 4) is 5.75 Å². The SMILES string of the molecule is CCC(NC(CC)c1ccccc1O)c1ccc(C)cc1. The number of aromatic hydroxyl groups is 1. The zero-order valence-corrected chi connectivity index (χ0v) is 13.1.